The van der Waals surface area contributed by atoms with Crippen LogP contribution in [0.15, 0.2) is 36.5 Å². The summed E-state index contributed by atoms with van der Waals surface area (Å²) in [5, 5.41) is 3.56. The van der Waals surface area contributed by atoms with E-state index in [1.165, 1.54) is 6.20 Å². The quantitative estimate of drug-likeness (QED) is 0.847. The number of benzene rings is 1. The van der Waals surface area contributed by atoms with Crippen LogP contribution >= 0.6 is 23.2 Å². The minimum Gasteiger partial charge on any atom is -0.321 e. The van der Waals surface area contributed by atoms with Crippen molar-refractivity contribution in [2.45, 2.75) is 6.92 Å². The number of carbonyl (C=O) groups is 1. The van der Waals surface area contributed by atoms with Crippen LogP contribution in [0.1, 0.15) is 15.9 Å². The van der Waals surface area contributed by atoms with Crippen LogP contribution < -0.4 is 5.32 Å². The van der Waals surface area contributed by atoms with Gasteiger partial charge in [-0.3, -0.25) is 4.79 Å². The second kappa shape index (κ2) is 5.38. The number of carbonyl (C=O) groups excluding carboxylic acids is 1. The number of nitrogens with zero attached hydrogens (tertiary/aromatic N) is 1. The normalized spacial score (nSPS) is 10.2. The van der Waals surface area contributed by atoms with E-state index >= 15 is 0 Å². The fourth-order valence-electron chi connectivity index (χ4n) is 1.47. The van der Waals surface area contributed by atoms with Gasteiger partial charge < -0.3 is 5.32 Å². The molecule has 0 aliphatic rings. The fraction of sp³-hybridized carbons (Fsp3) is 0.0769. The Balaban J connectivity index is 2.22. The molecular formula is C13H10Cl2N2O. The minimum atomic E-state index is -0.274. The Hall–Kier alpha value is -1.58. The molecule has 0 spiro atoms. The van der Waals surface area contributed by atoms with E-state index in [2.05, 4.69) is 10.3 Å². The van der Waals surface area contributed by atoms with Crippen molar-refractivity contribution in [2.75, 3.05) is 5.32 Å². The van der Waals surface area contributed by atoms with Crippen molar-refractivity contribution < 1.29 is 4.79 Å². The first-order chi connectivity index (χ1) is 8.58. The van der Waals surface area contributed by atoms with E-state index in [1.54, 1.807) is 30.3 Å². The Kier molecular flexibility index (Phi) is 3.84. The van der Waals surface area contributed by atoms with Gasteiger partial charge in [-0.2, -0.15) is 0 Å². The standard InChI is InChI=1S/C13H10Cl2N2O/c1-8-6-9(7-16-12(8)15)17-13(18)10-4-2-3-5-11(10)14/h2-7H,1H3,(H,17,18). The molecule has 92 valence electrons. The van der Waals surface area contributed by atoms with Gasteiger partial charge in [0.2, 0.25) is 0 Å². The lowest BCUT2D eigenvalue weighted by Crippen LogP contribution is -2.12. The third-order valence-electron chi connectivity index (χ3n) is 2.39. The first kappa shape index (κ1) is 12.9. The average molecular weight is 281 g/mol. The molecule has 1 aromatic carbocycles. The molecule has 0 bridgehead atoms. The zero-order chi connectivity index (χ0) is 13.1. The number of anilines is 1. The molecular weight excluding hydrogens is 271 g/mol. The van der Waals surface area contributed by atoms with Crippen LogP contribution in [0.2, 0.25) is 10.2 Å². The summed E-state index contributed by atoms with van der Waals surface area (Å²) in [5.74, 6) is -0.274. The summed E-state index contributed by atoms with van der Waals surface area (Å²) in [4.78, 5) is 15.9. The summed E-state index contributed by atoms with van der Waals surface area (Å²) in [6, 6.07) is 8.61. The predicted octanol–water partition coefficient (Wildman–Crippen LogP) is 3.95. The molecule has 2 aromatic rings. The van der Waals surface area contributed by atoms with Crippen LogP contribution in [-0.2, 0) is 0 Å². The first-order valence-electron chi connectivity index (χ1n) is 5.26. The molecule has 0 saturated carbocycles. The van der Waals surface area contributed by atoms with Gasteiger partial charge in [-0.05, 0) is 30.7 Å². The largest absolute Gasteiger partial charge is 0.321 e. The van der Waals surface area contributed by atoms with Crippen LogP contribution in [-0.4, -0.2) is 10.9 Å². The van der Waals surface area contributed by atoms with E-state index in [-0.39, 0.29) is 5.91 Å². The summed E-state index contributed by atoms with van der Waals surface area (Å²) in [7, 11) is 0. The lowest BCUT2D eigenvalue weighted by atomic mass is 10.2. The third-order valence-corrected chi connectivity index (χ3v) is 3.12. The van der Waals surface area contributed by atoms with E-state index < -0.39 is 0 Å². The third kappa shape index (κ3) is 2.81. The fourth-order valence-corrected chi connectivity index (χ4v) is 1.80. The summed E-state index contributed by atoms with van der Waals surface area (Å²) in [5.41, 5.74) is 1.81. The summed E-state index contributed by atoms with van der Waals surface area (Å²) in [6.07, 6.45) is 1.50. The van der Waals surface area contributed by atoms with Gasteiger partial charge >= 0.3 is 0 Å². The van der Waals surface area contributed by atoms with Crippen molar-refractivity contribution in [3.8, 4) is 0 Å². The van der Waals surface area contributed by atoms with E-state index in [0.29, 0.717) is 21.4 Å². The van der Waals surface area contributed by atoms with E-state index in [0.717, 1.165) is 5.56 Å². The average Bonchev–Trinajstić information content (AvgIpc) is 2.34. The monoisotopic (exact) mass is 280 g/mol. The maximum Gasteiger partial charge on any atom is 0.257 e. The molecule has 0 saturated heterocycles. The van der Waals surface area contributed by atoms with Gasteiger partial charge in [0.1, 0.15) is 5.15 Å². The smallest absolute Gasteiger partial charge is 0.257 e. The lowest BCUT2D eigenvalue weighted by molar-refractivity contribution is 0.102. The summed E-state index contributed by atoms with van der Waals surface area (Å²) in [6.45, 7) is 1.82. The van der Waals surface area contributed by atoms with E-state index in [9.17, 15) is 4.79 Å². The minimum absolute atomic E-state index is 0.274. The van der Waals surface area contributed by atoms with Gasteiger partial charge in [-0.15, -0.1) is 0 Å². The number of nitrogens with one attached hydrogen (secondary N) is 1. The van der Waals surface area contributed by atoms with Crippen molar-refractivity contribution in [1.29, 1.82) is 0 Å². The van der Waals surface area contributed by atoms with Crippen molar-refractivity contribution in [1.82, 2.24) is 4.98 Å². The number of aryl methyl sites for hydroxylation is 1. The Bertz CT molecular complexity index is 599. The number of rotatable bonds is 2. The zero-order valence-electron chi connectivity index (χ0n) is 9.58. The highest BCUT2D eigenvalue weighted by molar-refractivity contribution is 6.34. The summed E-state index contributed by atoms with van der Waals surface area (Å²) < 4.78 is 0. The maximum absolute atomic E-state index is 12.0. The van der Waals surface area contributed by atoms with Crippen LogP contribution in [0.4, 0.5) is 5.69 Å². The molecule has 0 unspecified atom stereocenters. The predicted molar refractivity (Wildman–Crippen MR) is 73.4 cm³/mol. The number of halogens is 2. The molecule has 0 atom stereocenters. The molecule has 0 fully saturated rings. The SMILES string of the molecule is Cc1cc(NC(=O)c2ccccc2Cl)cnc1Cl. The highest BCUT2D eigenvalue weighted by Gasteiger charge is 2.10. The van der Waals surface area contributed by atoms with E-state index in [1.807, 2.05) is 6.92 Å². The van der Waals surface area contributed by atoms with Crippen molar-refractivity contribution in [3.63, 3.8) is 0 Å². The van der Waals surface area contributed by atoms with Gasteiger partial charge in [-0.25, -0.2) is 4.98 Å². The number of aromatic nitrogens is 1. The molecule has 1 aromatic heterocycles. The zero-order valence-corrected chi connectivity index (χ0v) is 11.1. The van der Waals surface area contributed by atoms with Gasteiger partial charge in [0.15, 0.2) is 0 Å². The van der Waals surface area contributed by atoms with E-state index in [4.69, 9.17) is 23.2 Å². The van der Waals surface area contributed by atoms with Crippen molar-refractivity contribution in [2.24, 2.45) is 0 Å². The number of amides is 1. The topological polar surface area (TPSA) is 42.0 Å². The van der Waals surface area contributed by atoms with Gasteiger partial charge in [0, 0.05) is 0 Å². The molecule has 1 N–H and O–H groups in total. The van der Waals surface area contributed by atoms with Crippen molar-refractivity contribution in [3.05, 3.63) is 57.8 Å². The Morgan fingerprint density at radius 3 is 2.67 bits per heavy atom. The number of pyridine rings is 1. The molecule has 2 rings (SSSR count). The Morgan fingerprint density at radius 1 is 1.28 bits per heavy atom. The second-order valence-corrected chi connectivity index (χ2v) is 4.53. The van der Waals surface area contributed by atoms with Gasteiger partial charge in [-0.1, -0.05) is 35.3 Å². The molecule has 5 heteroatoms. The molecule has 0 aliphatic carbocycles. The highest BCUT2D eigenvalue weighted by atomic mass is 35.5. The molecule has 1 amide bonds. The van der Waals surface area contributed by atoms with Crippen molar-refractivity contribution >= 4 is 34.8 Å². The van der Waals surface area contributed by atoms with Crippen LogP contribution in [0.5, 0.6) is 0 Å². The lowest BCUT2D eigenvalue weighted by Gasteiger charge is -2.07. The molecule has 1 heterocycles. The molecule has 0 aliphatic heterocycles. The second-order valence-electron chi connectivity index (χ2n) is 3.77. The molecule has 0 radical (unpaired) electrons. The Morgan fingerprint density at radius 2 is 2.00 bits per heavy atom. The van der Waals surface area contributed by atoms with Gasteiger partial charge in [0.25, 0.3) is 5.91 Å². The number of hydrogen-bond donors (Lipinski definition) is 1. The maximum atomic E-state index is 12.0. The molecule has 3 nitrogen and oxygen atoms in total. The summed E-state index contributed by atoms with van der Waals surface area (Å²) >= 11 is 11.8. The molecule has 18 heavy (non-hydrogen) atoms. The van der Waals surface area contributed by atoms with Gasteiger partial charge in [0.05, 0.1) is 22.5 Å². The highest BCUT2D eigenvalue weighted by Crippen LogP contribution is 2.19. The van der Waals surface area contributed by atoms with Crippen LogP contribution in [0.25, 0.3) is 0 Å². The van der Waals surface area contributed by atoms with Crippen LogP contribution in [0.3, 0.4) is 0 Å². The Labute approximate surface area is 115 Å². The number of hydrogen-bond acceptors (Lipinski definition) is 2. The van der Waals surface area contributed by atoms with Crippen LogP contribution in [0, 0.1) is 6.92 Å². The first-order valence-corrected chi connectivity index (χ1v) is 6.01.